The fourth-order valence-electron chi connectivity index (χ4n) is 2.54. The fraction of sp³-hybridized carbons (Fsp3) is 0.211. The van der Waals surface area contributed by atoms with Crippen molar-refractivity contribution in [2.24, 2.45) is 0 Å². The van der Waals surface area contributed by atoms with Crippen LogP contribution in [0.5, 0.6) is 0 Å². The van der Waals surface area contributed by atoms with E-state index in [1.165, 1.54) is 6.07 Å². The fourth-order valence-corrected chi connectivity index (χ4v) is 2.54. The third-order valence-corrected chi connectivity index (χ3v) is 3.90. The number of urea groups is 1. The zero-order valence-electron chi connectivity index (χ0n) is 14.6. The third-order valence-electron chi connectivity index (χ3n) is 3.90. The first-order valence-electron chi connectivity index (χ1n) is 8.44. The average Bonchev–Trinajstić information content (AvgIpc) is 3.12. The molecule has 2 heterocycles. The van der Waals surface area contributed by atoms with Crippen molar-refractivity contribution in [3.05, 3.63) is 82.5 Å². The summed E-state index contributed by atoms with van der Waals surface area (Å²) in [7, 11) is 0. The summed E-state index contributed by atoms with van der Waals surface area (Å²) in [5.41, 5.74) is 2.38. The van der Waals surface area contributed by atoms with Gasteiger partial charge in [-0.1, -0.05) is 30.3 Å². The number of rotatable bonds is 6. The van der Waals surface area contributed by atoms with Crippen LogP contribution >= 0.6 is 0 Å². The predicted octanol–water partition coefficient (Wildman–Crippen LogP) is 2.43. The molecule has 7 nitrogen and oxygen atoms in total. The minimum Gasteiger partial charge on any atom is -0.334 e. The summed E-state index contributed by atoms with van der Waals surface area (Å²) in [6.45, 7) is 3.62. The van der Waals surface area contributed by atoms with E-state index in [9.17, 15) is 9.59 Å². The van der Waals surface area contributed by atoms with Crippen molar-refractivity contribution in [1.82, 2.24) is 19.7 Å². The minimum absolute atomic E-state index is 0.119. The zero-order chi connectivity index (χ0) is 18.4. The van der Waals surface area contributed by atoms with Crippen LogP contribution in [-0.4, -0.2) is 20.4 Å². The Bertz CT molecular complexity index is 930. The van der Waals surface area contributed by atoms with Gasteiger partial charge in [-0.05, 0) is 18.6 Å². The highest BCUT2D eigenvalue weighted by Crippen LogP contribution is 2.06. The first-order valence-corrected chi connectivity index (χ1v) is 8.44. The number of carbonyl (C=O) groups excluding carboxylic acids is 1. The van der Waals surface area contributed by atoms with Gasteiger partial charge in [0.1, 0.15) is 0 Å². The Labute approximate surface area is 151 Å². The highest BCUT2D eigenvalue weighted by Gasteiger charge is 2.05. The number of aryl methyl sites for hydroxylation is 1. The maximum atomic E-state index is 12.1. The number of hydrogen-bond acceptors (Lipinski definition) is 3. The molecule has 2 N–H and O–H groups in total. The van der Waals surface area contributed by atoms with Gasteiger partial charge in [0.2, 0.25) is 0 Å². The van der Waals surface area contributed by atoms with E-state index in [0.29, 0.717) is 18.8 Å². The van der Waals surface area contributed by atoms with Crippen LogP contribution in [0.15, 0.2) is 65.8 Å². The van der Waals surface area contributed by atoms with E-state index in [1.54, 1.807) is 27.7 Å². The van der Waals surface area contributed by atoms with Crippen molar-refractivity contribution in [3.8, 4) is 0 Å². The van der Waals surface area contributed by atoms with Crippen molar-refractivity contribution in [1.29, 1.82) is 0 Å². The van der Waals surface area contributed by atoms with Crippen LogP contribution in [0.3, 0.4) is 0 Å². The van der Waals surface area contributed by atoms with Crippen molar-refractivity contribution in [3.63, 3.8) is 0 Å². The molecular weight excluding hydrogens is 330 g/mol. The smallest absolute Gasteiger partial charge is 0.319 e. The Balaban J connectivity index is 1.61. The second kappa shape index (κ2) is 8.15. The van der Waals surface area contributed by atoms with Crippen molar-refractivity contribution in [2.45, 2.75) is 26.6 Å². The molecule has 0 aliphatic carbocycles. The Kier molecular flexibility index (Phi) is 5.48. The van der Waals surface area contributed by atoms with Crippen molar-refractivity contribution in [2.75, 3.05) is 5.32 Å². The quantitative estimate of drug-likeness (QED) is 0.716. The molecule has 2 amide bonds. The predicted molar refractivity (Wildman–Crippen MR) is 100 cm³/mol. The van der Waals surface area contributed by atoms with Gasteiger partial charge >= 0.3 is 6.03 Å². The summed E-state index contributed by atoms with van der Waals surface area (Å²) in [6, 6.07) is 12.4. The number of nitrogens with one attached hydrogen (secondary N) is 2. The topological polar surface area (TPSA) is 81.0 Å². The van der Waals surface area contributed by atoms with Gasteiger partial charge in [-0.15, -0.1) is 0 Å². The zero-order valence-corrected chi connectivity index (χ0v) is 14.6. The number of carbonyl (C=O) groups is 1. The Morgan fingerprint density at radius 2 is 1.88 bits per heavy atom. The summed E-state index contributed by atoms with van der Waals surface area (Å²) in [5.74, 6) is 0. The van der Waals surface area contributed by atoms with E-state index in [4.69, 9.17) is 0 Å². The molecule has 3 aromatic rings. The molecule has 134 valence electrons. The molecule has 0 aliphatic heterocycles. The molecule has 0 saturated carbocycles. The Morgan fingerprint density at radius 3 is 2.62 bits per heavy atom. The van der Waals surface area contributed by atoms with E-state index in [-0.39, 0.29) is 11.6 Å². The summed E-state index contributed by atoms with van der Waals surface area (Å²) in [6.07, 6.45) is 5.26. The average molecular weight is 351 g/mol. The standard InChI is InChI=1S/C19H21N5O2/c1-2-24-13-16(11-21-24)10-20-19(26)22-17-8-9-18(25)23(14-17)12-15-6-4-3-5-7-15/h3-9,11,13-14H,2,10,12H2,1H3,(H2,20,22,26). The lowest BCUT2D eigenvalue weighted by atomic mass is 10.2. The molecule has 3 rings (SSSR count). The lowest BCUT2D eigenvalue weighted by Gasteiger charge is -2.10. The lowest BCUT2D eigenvalue weighted by molar-refractivity contribution is 0.251. The first kappa shape index (κ1) is 17.5. The van der Waals surface area contributed by atoms with Gasteiger partial charge in [0.15, 0.2) is 0 Å². The lowest BCUT2D eigenvalue weighted by Crippen LogP contribution is -2.29. The van der Waals surface area contributed by atoms with Gasteiger partial charge in [0.25, 0.3) is 5.56 Å². The van der Waals surface area contributed by atoms with Crippen LogP contribution < -0.4 is 16.2 Å². The van der Waals surface area contributed by atoms with Crippen LogP contribution in [0.1, 0.15) is 18.1 Å². The van der Waals surface area contributed by atoms with Crippen LogP contribution in [0.25, 0.3) is 0 Å². The maximum absolute atomic E-state index is 12.1. The van der Waals surface area contributed by atoms with Crippen LogP contribution in [0.4, 0.5) is 10.5 Å². The largest absolute Gasteiger partial charge is 0.334 e. The monoisotopic (exact) mass is 351 g/mol. The molecule has 0 atom stereocenters. The van der Waals surface area contributed by atoms with Crippen molar-refractivity contribution < 1.29 is 4.79 Å². The summed E-state index contributed by atoms with van der Waals surface area (Å²) >= 11 is 0. The molecular formula is C19H21N5O2. The molecule has 26 heavy (non-hydrogen) atoms. The van der Waals surface area contributed by atoms with E-state index < -0.39 is 0 Å². The molecule has 7 heteroatoms. The number of benzene rings is 1. The SMILES string of the molecule is CCn1cc(CNC(=O)Nc2ccc(=O)n(Cc3ccccc3)c2)cn1. The van der Waals surface area contributed by atoms with Gasteiger partial charge < -0.3 is 15.2 Å². The van der Waals surface area contributed by atoms with E-state index in [0.717, 1.165) is 17.7 Å². The van der Waals surface area contributed by atoms with E-state index in [2.05, 4.69) is 15.7 Å². The van der Waals surface area contributed by atoms with Gasteiger partial charge in [0.05, 0.1) is 18.4 Å². The second-order valence-electron chi connectivity index (χ2n) is 5.88. The third kappa shape index (κ3) is 4.60. The molecule has 0 radical (unpaired) electrons. The summed E-state index contributed by atoms with van der Waals surface area (Å²) < 4.78 is 3.37. The van der Waals surface area contributed by atoms with Gasteiger partial charge in [-0.2, -0.15) is 5.10 Å². The highest BCUT2D eigenvalue weighted by atomic mass is 16.2. The van der Waals surface area contributed by atoms with Crippen LogP contribution in [0.2, 0.25) is 0 Å². The number of hydrogen-bond donors (Lipinski definition) is 2. The number of aromatic nitrogens is 3. The molecule has 0 saturated heterocycles. The minimum atomic E-state index is -0.334. The van der Waals surface area contributed by atoms with E-state index >= 15 is 0 Å². The highest BCUT2D eigenvalue weighted by molar-refractivity contribution is 5.88. The molecule has 0 fully saturated rings. The normalized spacial score (nSPS) is 10.5. The van der Waals surface area contributed by atoms with Gasteiger partial charge in [-0.25, -0.2) is 4.79 Å². The number of nitrogens with zero attached hydrogens (tertiary/aromatic N) is 3. The maximum Gasteiger partial charge on any atom is 0.319 e. The number of anilines is 1. The molecule has 0 spiro atoms. The summed E-state index contributed by atoms with van der Waals surface area (Å²) in [4.78, 5) is 24.1. The van der Waals surface area contributed by atoms with Crippen LogP contribution in [0, 0.1) is 0 Å². The van der Waals surface area contributed by atoms with Gasteiger partial charge in [-0.3, -0.25) is 9.48 Å². The number of amides is 2. The Hall–Kier alpha value is -3.35. The van der Waals surface area contributed by atoms with Crippen molar-refractivity contribution >= 4 is 11.7 Å². The van der Waals surface area contributed by atoms with Gasteiger partial charge in [0, 0.05) is 37.1 Å². The van der Waals surface area contributed by atoms with E-state index in [1.807, 2.05) is 43.5 Å². The Morgan fingerprint density at radius 1 is 1.08 bits per heavy atom. The number of pyridine rings is 1. The first-order chi connectivity index (χ1) is 12.6. The summed E-state index contributed by atoms with van der Waals surface area (Å²) in [5, 5.41) is 9.69. The molecule has 0 bridgehead atoms. The molecule has 0 aliphatic rings. The molecule has 0 unspecified atom stereocenters. The second-order valence-corrected chi connectivity index (χ2v) is 5.88. The molecule has 2 aromatic heterocycles. The van der Waals surface area contributed by atoms with Crippen LogP contribution in [-0.2, 0) is 19.6 Å². The molecule has 1 aromatic carbocycles.